The Labute approximate surface area is 107 Å². The van der Waals surface area contributed by atoms with Gasteiger partial charge in [0, 0.05) is 18.0 Å². The fraction of sp³-hybridized carbons (Fsp3) is 0.364. The molecule has 0 aliphatic heterocycles. The molecule has 0 saturated carbocycles. The third kappa shape index (κ3) is 3.34. The van der Waals surface area contributed by atoms with Crippen molar-refractivity contribution in [3.8, 4) is 11.5 Å². The normalized spacial score (nSPS) is 12.2. The van der Waals surface area contributed by atoms with Crippen LogP contribution >= 0.6 is 15.9 Å². The summed E-state index contributed by atoms with van der Waals surface area (Å²) in [6.07, 6.45) is 0.258. The number of rotatable bonds is 5. The average molecular weight is 304 g/mol. The maximum atomic E-state index is 10.5. The second-order valence-corrected chi connectivity index (χ2v) is 4.41. The number of aliphatic carboxylic acids is 1. The summed E-state index contributed by atoms with van der Waals surface area (Å²) < 4.78 is 5.58. The lowest BCUT2D eigenvalue weighted by atomic mass is 10.0. The van der Waals surface area contributed by atoms with Crippen molar-refractivity contribution in [3.05, 3.63) is 22.2 Å². The third-order valence-electron chi connectivity index (χ3n) is 2.39. The van der Waals surface area contributed by atoms with Crippen molar-refractivity contribution >= 4 is 21.9 Å². The van der Waals surface area contributed by atoms with Crippen LogP contribution in [0.3, 0.4) is 0 Å². The molecule has 0 saturated heterocycles. The first-order valence-electron chi connectivity index (χ1n) is 5.00. The summed E-state index contributed by atoms with van der Waals surface area (Å²) in [6.45, 7) is 0. The fourth-order valence-corrected chi connectivity index (χ4v) is 1.82. The standard InChI is InChI=1S/C11H14BrNO4/c1-17-11-6(2-3-7(12)10(11)16)8(13)4-5-9(14)15/h2-3,8,16H,4-5,13H2,1H3,(H,14,15). The molecular weight excluding hydrogens is 290 g/mol. The number of phenolic OH excluding ortho intramolecular Hbond substituents is 1. The van der Waals surface area contributed by atoms with Crippen LogP contribution < -0.4 is 10.5 Å². The van der Waals surface area contributed by atoms with Crippen LogP contribution in [-0.2, 0) is 4.79 Å². The quantitative estimate of drug-likeness (QED) is 0.774. The lowest BCUT2D eigenvalue weighted by Crippen LogP contribution is -2.13. The molecule has 0 amide bonds. The van der Waals surface area contributed by atoms with Crippen LogP contribution in [-0.4, -0.2) is 23.3 Å². The summed E-state index contributed by atoms with van der Waals surface area (Å²) >= 11 is 3.17. The van der Waals surface area contributed by atoms with E-state index >= 15 is 0 Å². The summed E-state index contributed by atoms with van der Waals surface area (Å²) in [5.41, 5.74) is 6.46. The van der Waals surface area contributed by atoms with Crippen LogP contribution in [0.4, 0.5) is 0 Å². The molecule has 0 bridgehead atoms. The Morgan fingerprint density at radius 3 is 2.76 bits per heavy atom. The second kappa shape index (κ2) is 5.88. The molecule has 0 aliphatic carbocycles. The molecule has 0 fully saturated rings. The first-order chi connectivity index (χ1) is 7.97. The van der Waals surface area contributed by atoms with Gasteiger partial charge in [-0.25, -0.2) is 0 Å². The number of halogens is 1. The van der Waals surface area contributed by atoms with Gasteiger partial charge in [0.2, 0.25) is 0 Å². The molecule has 0 aliphatic rings. The van der Waals surface area contributed by atoms with E-state index in [1.165, 1.54) is 7.11 Å². The maximum absolute atomic E-state index is 10.5. The van der Waals surface area contributed by atoms with Gasteiger partial charge in [-0.3, -0.25) is 4.79 Å². The van der Waals surface area contributed by atoms with E-state index in [-0.39, 0.29) is 24.3 Å². The van der Waals surface area contributed by atoms with Crippen LogP contribution in [0.15, 0.2) is 16.6 Å². The minimum absolute atomic E-state index is 0.0266. The number of benzene rings is 1. The van der Waals surface area contributed by atoms with Crippen molar-refractivity contribution in [1.82, 2.24) is 0 Å². The second-order valence-electron chi connectivity index (χ2n) is 3.56. The van der Waals surface area contributed by atoms with Crippen molar-refractivity contribution in [2.24, 2.45) is 5.73 Å². The van der Waals surface area contributed by atoms with E-state index in [0.717, 1.165) is 0 Å². The number of carbonyl (C=O) groups is 1. The summed E-state index contributed by atoms with van der Waals surface area (Å²) in [5.74, 6) is -0.659. The van der Waals surface area contributed by atoms with Gasteiger partial charge in [0.25, 0.3) is 0 Å². The van der Waals surface area contributed by atoms with Crippen molar-refractivity contribution in [2.45, 2.75) is 18.9 Å². The zero-order chi connectivity index (χ0) is 13.0. The largest absolute Gasteiger partial charge is 0.503 e. The molecule has 0 heterocycles. The number of carboxylic acid groups (broad SMARTS) is 1. The highest BCUT2D eigenvalue weighted by atomic mass is 79.9. The number of aromatic hydroxyl groups is 1. The molecule has 5 nitrogen and oxygen atoms in total. The van der Waals surface area contributed by atoms with Crippen LogP contribution in [0.25, 0.3) is 0 Å². The Balaban J connectivity index is 2.97. The highest BCUT2D eigenvalue weighted by molar-refractivity contribution is 9.10. The topological polar surface area (TPSA) is 92.8 Å². The summed E-state index contributed by atoms with van der Waals surface area (Å²) in [7, 11) is 1.43. The third-order valence-corrected chi connectivity index (χ3v) is 3.03. The Kier molecular flexibility index (Phi) is 4.77. The first kappa shape index (κ1) is 13.8. The van der Waals surface area contributed by atoms with Crippen LogP contribution in [0.2, 0.25) is 0 Å². The molecule has 4 N–H and O–H groups in total. The van der Waals surface area contributed by atoms with E-state index in [1.54, 1.807) is 12.1 Å². The van der Waals surface area contributed by atoms with Crippen molar-refractivity contribution in [1.29, 1.82) is 0 Å². The Morgan fingerprint density at radius 1 is 1.59 bits per heavy atom. The molecule has 1 atom stereocenters. The smallest absolute Gasteiger partial charge is 0.303 e. The molecule has 0 radical (unpaired) electrons. The molecule has 0 aromatic heterocycles. The fourth-order valence-electron chi connectivity index (χ4n) is 1.50. The number of phenols is 1. The van der Waals surface area contributed by atoms with Gasteiger partial charge in [0.1, 0.15) is 0 Å². The summed E-state index contributed by atoms with van der Waals surface area (Å²) in [6, 6.07) is 2.86. The van der Waals surface area contributed by atoms with E-state index in [1.807, 2.05) is 0 Å². The molecule has 6 heteroatoms. The van der Waals surface area contributed by atoms with Gasteiger partial charge >= 0.3 is 5.97 Å². The Hall–Kier alpha value is -1.27. The molecule has 1 unspecified atom stereocenters. The minimum atomic E-state index is -0.902. The molecule has 17 heavy (non-hydrogen) atoms. The van der Waals surface area contributed by atoms with E-state index in [9.17, 15) is 9.90 Å². The number of carboxylic acids is 1. The van der Waals surface area contributed by atoms with E-state index < -0.39 is 12.0 Å². The predicted molar refractivity (Wildman–Crippen MR) is 66.2 cm³/mol. The van der Waals surface area contributed by atoms with Crippen molar-refractivity contribution in [2.75, 3.05) is 7.11 Å². The number of ether oxygens (including phenoxy) is 1. The zero-order valence-electron chi connectivity index (χ0n) is 9.31. The number of methoxy groups -OCH3 is 1. The van der Waals surface area contributed by atoms with E-state index in [0.29, 0.717) is 10.0 Å². The lowest BCUT2D eigenvalue weighted by molar-refractivity contribution is -0.137. The number of hydrogen-bond acceptors (Lipinski definition) is 4. The first-order valence-corrected chi connectivity index (χ1v) is 5.79. The highest BCUT2D eigenvalue weighted by Crippen LogP contribution is 2.39. The van der Waals surface area contributed by atoms with Crippen LogP contribution in [0.5, 0.6) is 11.5 Å². The highest BCUT2D eigenvalue weighted by Gasteiger charge is 2.18. The van der Waals surface area contributed by atoms with Gasteiger partial charge in [-0.2, -0.15) is 0 Å². The van der Waals surface area contributed by atoms with Crippen LogP contribution in [0.1, 0.15) is 24.4 Å². The number of nitrogens with two attached hydrogens (primary N) is 1. The monoisotopic (exact) mass is 303 g/mol. The summed E-state index contributed by atoms with van der Waals surface area (Å²) in [4.78, 5) is 10.5. The van der Waals surface area contributed by atoms with Gasteiger partial charge in [0.05, 0.1) is 11.6 Å². The molecule has 1 rings (SSSR count). The Bertz CT molecular complexity index is 422. The van der Waals surface area contributed by atoms with E-state index in [4.69, 9.17) is 15.6 Å². The van der Waals surface area contributed by atoms with Gasteiger partial charge in [-0.15, -0.1) is 0 Å². The van der Waals surface area contributed by atoms with Gasteiger partial charge in [0.15, 0.2) is 11.5 Å². The Morgan fingerprint density at radius 2 is 2.24 bits per heavy atom. The molecule has 0 spiro atoms. The van der Waals surface area contributed by atoms with E-state index in [2.05, 4.69) is 15.9 Å². The van der Waals surface area contributed by atoms with Crippen molar-refractivity contribution in [3.63, 3.8) is 0 Å². The average Bonchev–Trinajstić information content (AvgIpc) is 2.29. The molecular formula is C11H14BrNO4. The molecule has 94 valence electrons. The van der Waals surface area contributed by atoms with Gasteiger partial charge in [-0.05, 0) is 28.4 Å². The van der Waals surface area contributed by atoms with Gasteiger partial charge in [-0.1, -0.05) is 6.07 Å². The van der Waals surface area contributed by atoms with Crippen molar-refractivity contribution < 1.29 is 19.7 Å². The predicted octanol–water partition coefficient (Wildman–Crippen LogP) is 2.03. The maximum Gasteiger partial charge on any atom is 0.303 e. The SMILES string of the molecule is COc1c(C(N)CCC(=O)O)ccc(Br)c1O. The van der Waals surface area contributed by atoms with Gasteiger partial charge < -0.3 is 20.7 Å². The summed E-state index contributed by atoms with van der Waals surface area (Å²) in [5, 5.41) is 18.4. The molecule has 1 aromatic carbocycles. The lowest BCUT2D eigenvalue weighted by Gasteiger charge is -2.16. The van der Waals surface area contributed by atoms with Crippen LogP contribution in [0, 0.1) is 0 Å². The molecule has 1 aromatic rings. The zero-order valence-corrected chi connectivity index (χ0v) is 10.9. The number of hydrogen-bond donors (Lipinski definition) is 3. The minimum Gasteiger partial charge on any atom is -0.503 e.